The molecule has 0 aliphatic heterocycles. The molecule has 0 saturated carbocycles. The van der Waals surface area contributed by atoms with Crippen molar-refractivity contribution in [1.82, 2.24) is 0 Å². The maximum Gasteiger partial charge on any atom is 0.573 e. The predicted molar refractivity (Wildman–Crippen MR) is 68.2 cm³/mol. The van der Waals surface area contributed by atoms with Crippen molar-refractivity contribution in [3.05, 3.63) is 53.3 Å². The maximum atomic E-state index is 14.0. The standard InChI is InChI=1S/C15H6F7NO/c16-13-5-9(14(17,18)19)2-4-11(13)12-6-10(24-15(20,21)22)3-1-8(12)7-23/h1-6H. The van der Waals surface area contributed by atoms with Crippen LogP contribution in [-0.2, 0) is 6.18 Å². The number of hydrogen-bond acceptors (Lipinski definition) is 2. The van der Waals surface area contributed by atoms with Gasteiger partial charge in [-0.2, -0.15) is 18.4 Å². The zero-order chi connectivity index (χ0) is 18.1. The van der Waals surface area contributed by atoms with Crippen molar-refractivity contribution in [2.45, 2.75) is 12.5 Å². The van der Waals surface area contributed by atoms with Gasteiger partial charge >= 0.3 is 12.5 Å². The van der Waals surface area contributed by atoms with E-state index in [0.29, 0.717) is 6.07 Å². The van der Waals surface area contributed by atoms with E-state index < -0.39 is 35.2 Å². The van der Waals surface area contributed by atoms with E-state index in [9.17, 15) is 30.7 Å². The summed E-state index contributed by atoms with van der Waals surface area (Å²) in [6, 6.07) is 5.67. The van der Waals surface area contributed by atoms with E-state index in [2.05, 4.69) is 4.74 Å². The Morgan fingerprint density at radius 2 is 1.54 bits per heavy atom. The maximum absolute atomic E-state index is 14.0. The summed E-state index contributed by atoms with van der Waals surface area (Å²) in [5.41, 5.74) is -2.24. The van der Waals surface area contributed by atoms with E-state index in [1.807, 2.05) is 0 Å². The Hall–Kier alpha value is -2.76. The zero-order valence-electron chi connectivity index (χ0n) is 11.5. The van der Waals surface area contributed by atoms with E-state index in [1.54, 1.807) is 6.07 Å². The number of halogens is 7. The molecule has 0 spiro atoms. The van der Waals surface area contributed by atoms with Gasteiger partial charge in [0, 0.05) is 11.1 Å². The van der Waals surface area contributed by atoms with Gasteiger partial charge in [0.15, 0.2) is 0 Å². The molecule has 0 N–H and O–H groups in total. The fourth-order valence-corrected chi connectivity index (χ4v) is 1.95. The van der Waals surface area contributed by atoms with Crippen LogP contribution in [0.15, 0.2) is 36.4 Å². The molecule has 0 amide bonds. The van der Waals surface area contributed by atoms with Crippen LogP contribution in [0.5, 0.6) is 5.75 Å². The van der Waals surface area contributed by atoms with Crippen molar-refractivity contribution < 1.29 is 35.5 Å². The average Bonchev–Trinajstić information content (AvgIpc) is 2.44. The van der Waals surface area contributed by atoms with Crippen molar-refractivity contribution in [3.8, 4) is 22.9 Å². The highest BCUT2D eigenvalue weighted by Crippen LogP contribution is 2.35. The molecule has 0 radical (unpaired) electrons. The van der Waals surface area contributed by atoms with Gasteiger partial charge in [0.05, 0.1) is 17.2 Å². The van der Waals surface area contributed by atoms with E-state index in [1.165, 1.54) is 0 Å². The predicted octanol–water partition coefficient (Wildman–Crippen LogP) is 5.28. The van der Waals surface area contributed by atoms with Crippen LogP contribution in [0.2, 0.25) is 0 Å². The molecule has 0 saturated heterocycles. The molecule has 126 valence electrons. The number of ether oxygens (including phenoxy) is 1. The molecule has 2 aromatic carbocycles. The average molecular weight is 349 g/mol. The highest BCUT2D eigenvalue weighted by molar-refractivity contribution is 5.72. The summed E-state index contributed by atoms with van der Waals surface area (Å²) in [6.07, 6.45) is -9.79. The monoisotopic (exact) mass is 349 g/mol. The first-order valence-electron chi connectivity index (χ1n) is 6.18. The molecule has 0 unspecified atom stereocenters. The summed E-state index contributed by atoms with van der Waals surface area (Å²) >= 11 is 0. The van der Waals surface area contributed by atoms with Crippen LogP contribution >= 0.6 is 0 Å². The largest absolute Gasteiger partial charge is 0.573 e. The molecule has 2 aromatic rings. The van der Waals surface area contributed by atoms with Crippen molar-refractivity contribution in [3.63, 3.8) is 0 Å². The summed E-state index contributed by atoms with van der Waals surface area (Å²) in [4.78, 5) is 0. The smallest absolute Gasteiger partial charge is 0.406 e. The van der Waals surface area contributed by atoms with Crippen LogP contribution in [0.25, 0.3) is 11.1 Å². The van der Waals surface area contributed by atoms with Crippen LogP contribution in [0.4, 0.5) is 30.7 Å². The minimum Gasteiger partial charge on any atom is -0.406 e. The fraction of sp³-hybridized carbons (Fsp3) is 0.133. The lowest BCUT2D eigenvalue weighted by Crippen LogP contribution is -2.17. The summed E-state index contributed by atoms with van der Waals surface area (Å²) < 4.78 is 92.0. The third kappa shape index (κ3) is 3.95. The molecule has 0 aliphatic carbocycles. The molecular weight excluding hydrogens is 343 g/mol. The Morgan fingerprint density at radius 1 is 0.875 bits per heavy atom. The SMILES string of the molecule is N#Cc1ccc(OC(F)(F)F)cc1-c1ccc(C(F)(F)F)cc1F. The highest BCUT2D eigenvalue weighted by atomic mass is 19.4. The normalized spacial score (nSPS) is 11.9. The number of alkyl halides is 6. The second-order valence-electron chi connectivity index (χ2n) is 4.56. The molecular formula is C15H6F7NO. The molecule has 0 atom stereocenters. The Labute approximate surface area is 130 Å². The third-order valence-electron chi connectivity index (χ3n) is 2.93. The molecule has 2 nitrogen and oxygen atoms in total. The first-order valence-corrected chi connectivity index (χ1v) is 6.18. The Balaban J connectivity index is 2.55. The summed E-state index contributed by atoms with van der Waals surface area (Å²) in [5.74, 6) is -2.05. The topological polar surface area (TPSA) is 33.0 Å². The minimum absolute atomic E-state index is 0.202. The second kappa shape index (κ2) is 6.03. The van der Waals surface area contributed by atoms with Gasteiger partial charge in [-0.3, -0.25) is 0 Å². The van der Waals surface area contributed by atoms with Crippen molar-refractivity contribution >= 4 is 0 Å². The fourth-order valence-electron chi connectivity index (χ4n) is 1.95. The van der Waals surface area contributed by atoms with Crippen LogP contribution in [-0.4, -0.2) is 6.36 Å². The minimum atomic E-state index is -5.01. The van der Waals surface area contributed by atoms with Crippen LogP contribution in [0.1, 0.15) is 11.1 Å². The summed E-state index contributed by atoms with van der Waals surface area (Å²) in [5, 5.41) is 8.96. The Kier molecular flexibility index (Phi) is 4.42. The zero-order valence-corrected chi connectivity index (χ0v) is 11.5. The van der Waals surface area contributed by atoms with Crippen LogP contribution in [0.3, 0.4) is 0 Å². The molecule has 0 heterocycles. The van der Waals surface area contributed by atoms with Crippen molar-refractivity contribution in [1.29, 1.82) is 5.26 Å². The van der Waals surface area contributed by atoms with Gasteiger partial charge in [-0.05, 0) is 30.3 Å². The van der Waals surface area contributed by atoms with Gasteiger partial charge < -0.3 is 4.74 Å². The lowest BCUT2D eigenvalue weighted by Gasteiger charge is -2.13. The van der Waals surface area contributed by atoms with Gasteiger partial charge in [0.25, 0.3) is 0 Å². The summed E-state index contributed by atoms with van der Waals surface area (Å²) in [7, 11) is 0. The number of hydrogen-bond donors (Lipinski definition) is 0. The molecule has 24 heavy (non-hydrogen) atoms. The van der Waals surface area contributed by atoms with E-state index in [-0.39, 0.29) is 17.2 Å². The van der Waals surface area contributed by atoms with Gasteiger partial charge in [-0.15, -0.1) is 13.2 Å². The number of rotatable bonds is 2. The number of benzene rings is 2. The van der Waals surface area contributed by atoms with E-state index in [4.69, 9.17) is 5.26 Å². The third-order valence-corrected chi connectivity index (χ3v) is 2.93. The summed E-state index contributed by atoms with van der Waals surface area (Å²) in [6.45, 7) is 0. The van der Waals surface area contributed by atoms with Crippen LogP contribution in [0, 0.1) is 17.1 Å². The second-order valence-corrected chi connectivity index (χ2v) is 4.56. The molecule has 2 rings (SSSR count). The van der Waals surface area contributed by atoms with E-state index in [0.717, 1.165) is 24.3 Å². The van der Waals surface area contributed by atoms with Crippen LogP contribution < -0.4 is 4.74 Å². The first kappa shape index (κ1) is 17.6. The van der Waals surface area contributed by atoms with Gasteiger partial charge in [-0.1, -0.05) is 6.07 Å². The Bertz CT molecular complexity index is 803. The number of nitriles is 1. The van der Waals surface area contributed by atoms with Crippen molar-refractivity contribution in [2.24, 2.45) is 0 Å². The Morgan fingerprint density at radius 3 is 2.04 bits per heavy atom. The quantitative estimate of drug-likeness (QED) is 0.691. The first-order chi connectivity index (χ1) is 11.0. The lowest BCUT2D eigenvalue weighted by atomic mass is 9.98. The lowest BCUT2D eigenvalue weighted by molar-refractivity contribution is -0.274. The molecule has 0 fully saturated rings. The van der Waals surface area contributed by atoms with Crippen molar-refractivity contribution in [2.75, 3.05) is 0 Å². The van der Waals surface area contributed by atoms with Gasteiger partial charge in [0.2, 0.25) is 0 Å². The highest BCUT2D eigenvalue weighted by Gasteiger charge is 2.32. The molecule has 9 heteroatoms. The number of nitrogens with zero attached hydrogens (tertiary/aromatic N) is 1. The molecule has 0 bridgehead atoms. The molecule has 0 aromatic heterocycles. The van der Waals surface area contributed by atoms with Gasteiger partial charge in [-0.25, -0.2) is 4.39 Å². The van der Waals surface area contributed by atoms with E-state index >= 15 is 0 Å². The molecule has 0 aliphatic rings. The van der Waals surface area contributed by atoms with Gasteiger partial charge in [0.1, 0.15) is 11.6 Å².